The van der Waals surface area contributed by atoms with Crippen molar-refractivity contribution in [3.63, 3.8) is 0 Å². The molecule has 0 amide bonds. The summed E-state index contributed by atoms with van der Waals surface area (Å²) in [4.78, 5) is 21.0. The lowest BCUT2D eigenvalue weighted by Crippen LogP contribution is -2.02. The van der Waals surface area contributed by atoms with Gasteiger partial charge in [-0.15, -0.1) is 0 Å². The molecule has 0 aliphatic rings. The van der Waals surface area contributed by atoms with Crippen LogP contribution in [-0.4, -0.2) is 24.5 Å². The molecule has 6 nitrogen and oxygen atoms in total. The number of aromatic nitrogens is 5. The number of benzene rings is 9. The number of hydrogen-bond donors (Lipinski definition) is 0. The van der Waals surface area contributed by atoms with Crippen molar-refractivity contribution in [1.82, 2.24) is 24.5 Å². The van der Waals surface area contributed by atoms with Crippen LogP contribution in [-0.2, 0) is 0 Å². The Bertz CT molecular complexity index is 3520. The zero-order valence-corrected chi connectivity index (χ0v) is 31.0. The lowest BCUT2D eigenvalue weighted by atomic mass is 9.91. The molecular formula is C52H31N5O. The largest absolute Gasteiger partial charge is 0.456 e. The second kappa shape index (κ2) is 12.8. The maximum absolute atomic E-state index is 6.33. The molecule has 0 saturated heterocycles. The van der Waals surface area contributed by atoms with Crippen LogP contribution in [0.25, 0.3) is 117 Å². The number of rotatable bonds is 5. The quantitative estimate of drug-likeness (QED) is 0.164. The normalized spacial score (nSPS) is 11.8. The smallest absolute Gasteiger partial charge is 0.164 e. The van der Waals surface area contributed by atoms with E-state index >= 15 is 0 Å². The van der Waals surface area contributed by atoms with Gasteiger partial charge in [0.15, 0.2) is 17.5 Å². The summed E-state index contributed by atoms with van der Waals surface area (Å²) in [5, 5.41) is 9.03. The van der Waals surface area contributed by atoms with Gasteiger partial charge in [0.1, 0.15) is 17.0 Å². The van der Waals surface area contributed by atoms with E-state index in [-0.39, 0.29) is 0 Å². The first-order valence-electron chi connectivity index (χ1n) is 19.4. The first-order chi connectivity index (χ1) is 28.8. The molecule has 0 fully saturated rings. The molecule has 0 unspecified atom stereocenters. The summed E-state index contributed by atoms with van der Waals surface area (Å²) in [5.74, 6) is 2.65. The van der Waals surface area contributed by atoms with E-state index in [0.29, 0.717) is 17.5 Å². The van der Waals surface area contributed by atoms with Crippen LogP contribution in [0.2, 0.25) is 0 Å². The average Bonchev–Trinajstić information content (AvgIpc) is 3.88. The highest BCUT2D eigenvalue weighted by molar-refractivity contribution is 6.28. The van der Waals surface area contributed by atoms with Crippen molar-refractivity contribution >= 4 is 65.3 Å². The molecule has 12 aromatic rings. The number of hydrogen-bond acceptors (Lipinski definition) is 5. The number of imidazole rings is 1. The molecular weight excluding hydrogens is 711 g/mol. The molecule has 0 N–H and O–H groups in total. The van der Waals surface area contributed by atoms with Crippen LogP contribution in [0.1, 0.15) is 0 Å². The summed E-state index contributed by atoms with van der Waals surface area (Å²) in [6.45, 7) is 0. The Morgan fingerprint density at radius 2 is 0.879 bits per heavy atom. The highest BCUT2D eigenvalue weighted by atomic mass is 16.3. The van der Waals surface area contributed by atoms with Crippen molar-refractivity contribution < 1.29 is 4.42 Å². The van der Waals surface area contributed by atoms with Crippen LogP contribution in [0.4, 0.5) is 0 Å². The molecule has 270 valence electrons. The molecule has 3 aromatic heterocycles. The monoisotopic (exact) mass is 741 g/mol. The lowest BCUT2D eigenvalue weighted by molar-refractivity contribution is 0.669. The zero-order chi connectivity index (χ0) is 38.2. The topological polar surface area (TPSA) is 69.6 Å². The molecule has 0 saturated carbocycles. The Labute approximate surface area is 332 Å². The van der Waals surface area contributed by atoms with E-state index in [1.165, 1.54) is 16.2 Å². The third kappa shape index (κ3) is 4.98. The van der Waals surface area contributed by atoms with Crippen LogP contribution >= 0.6 is 0 Å². The van der Waals surface area contributed by atoms with Crippen molar-refractivity contribution in [2.24, 2.45) is 0 Å². The Balaban J connectivity index is 1.10. The Morgan fingerprint density at radius 1 is 0.345 bits per heavy atom. The number of furan rings is 1. The second-order valence-corrected chi connectivity index (χ2v) is 14.6. The van der Waals surface area contributed by atoms with E-state index in [2.05, 4.69) is 138 Å². The van der Waals surface area contributed by atoms with E-state index in [4.69, 9.17) is 24.4 Å². The van der Waals surface area contributed by atoms with Crippen molar-refractivity contribution in [1.29, 1.82) is 0 Å². The summed E-state index contributed by atoms with van der Waals surface area (Å²) in [6, 6.07) is 65.0. The maximum Gasteiger partial charge on any atom is 0.164 e. The highest BCUT2D eigenvalue weighted by Crippen LogP contribution is 2.41. The minimum atomic E-state index is 0.579. The van der Waals surface area contributed by atoms with E-state index in [0.717, 1.165) is 82.9 Å². The van der Waals surface area contributed by atoms with Gasteiger partial charge in [-0.05, 0) is 75.5 Å². The molecule has 0 atom stereocenters. The summed E-state index contributed by atoms with van der Waals surface area (Å²) >= 11 is 0. The summed E-state index contributed by atoms with van der Waals surface area (Å²) in [7, 11) is 0. The van der Waals surface area contributed by atoms with Crippen LogP contribution in [0.5, 0.6) is 0 Å². The summed E-state index contributed by atoms with van der Waals surface area (Å²) in [5.41, 5.74) is 8.33. The SMILES string of the molecule is c1ccc(-c2nc3ccccc3n2-c2ccc(-c3nc(-c4cccc5oc6ccccc6c45)nc(-c4cccc5c6ccccc6c6ccccc6c45)n3)cc2)cc1. The molecule has 0 bridgehead atoms. The maximum atomic E-state index is 6.33. The van der Waals surface area contributed by atoms with E-state index in [1.54, 1.807) is 0 Å². The molecule has 0 aliphatic carbocycles. The molecule has 0 radical (unpaired) electrons. The molecule has 12 rings (SSSR count). The molecule has 0 spiro atoms. The van der Waals surface area contributed by atoms with Crippen LogP contribution in [0.15, 0.2) is 192 Å². The van der Waals surface area contributed by atoms with Gasteiger partial charge in [0.05, 0.1) is 11.0 Å². The molecule has 0 aliphatic heterocycles. The first-order valence-corrected chi connectivity index (χ1v) is 19.4. The fourth-order valence-electron chi connectivity index (χ4n) is 8.68. The van der Waals surface area contributed by atoms with Crippen LogP contribution < -0.4 is 0 Å². The summed E-state index contributed by atoms with van der Waals surface area (Å²) < 4.78 is 8.55. The minimum absolute atomic E-state index is 0.579. The minimum Gasteiger partial charge on any atom is -0.456 e. The number of fused-ring (bicyclic) bond motifs is 10. The van der Waals surface area contributed by atoms with Gasteiger partial charge >= 0.3 is 0 Å². The van der Waals surface area contributed by atoms with Crippen molar-refractivity contribution in [3.05, 3.63) is 188 Å². The van der Waals surface area contributed by atoms with Crippen molar-refractivity contribution in [3.8, 4) is 51.2 Å². The third-order valence-corrected chi connectivity index (χ3v) is 11.3. The van der Waals surface area contributed by atoms with E-state index < -0.39 is 0 Å². The Hall–Kier alpha value is -7.96. The fraction of sp³-hybridized carbons (Fsp3) is 0. The number of nitrogens with zero attached hydrogens (tertiary/aromatic N) is 5. The van der Waals surface area contributed by atoms with Gasteiger partial charge in [-0.25, -0.2) is 19.9 Å². The van der Waals surface area contributed by atoms with E-state index in [1.807, 2.05) is 54.6 Å². The Kier molecular flexibility index (Phi) is 7.13. The Morgan fingerprint density at radius 3 is 1.62 bits per heavy atom. The fourth-order valence-corrected chi connectivity index (χ4v) is 8.68. The molecule has 9 aromatic carbocycles. The van der Waals surface area contributed by atoms with Gasteiger partial charge in [-0.1, -0.05) is 140 Å². The zero-order valence-electron chi connectivity index (χ0n) is 31.0. The van der Waals surface area contributed by atoms with Gasteiger partial charge in [0.2, 0.25) is 0 Å². The van der Waals surface area contributed by atoms with Gasteiger partial charge in [0, 0.05) is 44.1 Å². The number of para-hydroxylation sites is 3. The van der Waals surface area contributed by atoms with Gasteiger partial charge in [-0.2, -0.15) is 0 Å². The van der Waals surface area contributed by atoms with Gasteiger partial charge < -0.3 is 4.42 Å². The van der Waals surface area contributed by atoms with Crippen LogP contribution in [0.3, 0.4) is 0 Å². The molecule has 58 heavy (non-hydrogen) atoms. The second-order valence-electron chi connectivity index (χ2n) is 14.6. The van der Waals surface area contributed by atoms with E-state index in [9.17, 15) is 0 Å². The first kappa shape index (κ1) is 32.3. The molecule has 3 heterocycles. The third-order valence-electron chi connectivity index (χ3n) is 11.3. The predicted molar refractivity (Wildman–Crippen MR) is 236 cm³/mol. The standard InChI is InChI=1S/C52H31N5O/c1-2-14-33(15-3-1)52-53-43-24-9-10-25-44(43)57(52)34-30-28-32(29-31-34)49-54-50(56-51(55-49)42-23-13-27-46-48(42)40-20-8-11-26-45(40)58-46)41-22-12-21-39-37-17-5-4-16-35(37)36-18-6-7-19-38(36)47(39)41/h1-31H. The highest BCUT2D eigenvalue weighted by Gasteiger charge is 2.21. The van der Waals surface area contributed by atoms with Crippen LogP contribution in [0, 0.1) is 0 Å². The van der Waals surface area contributed by atoms with Gasteiger partial charge in [-0.3, -0.25) is 4.57 Å². The van der Waals surface area contributed by atoms with Crippen molar-refractivity contribution in [2.45, 2.75) is 0 Å². The molecule has 6 heteroatoms. The predicted octanol–water partition coefficient (Wildman–Crippen LogP) is 13.2. The lowest BCUT2D eigenvalue weighted by Gasteiger charge is -2.15. The van der Waals surface area contributed by atoms with Crippen molar-refractivity contribution in [2.75, 3.05) is 0 Å². The van der Waals surface area contributed by atoms with Gasteiger partial charge in [0.25, 0.3) is 0 Å². The average molecular weight is 742 g/mol. The summed E-state index contributed by atoms with van der Waals surface area (Å²) in [6.07, 6.45) is 0.